The van der Waals surface area contributed by atoms with E-state index >= 15 is 0 Å². The Morgan fingerprint density at radius 2 is 2.00 bits per heavy atom. The minimum atomic E-state index is -5.13. The molecule has 6 nitrogen and oxygen atoms in total. The molecule has 0 fully saturated rings. The van der Waals surface area contributed by atoms with Crippen molar-refractivity contribution in [3.8, 4) is 0 Å². The van der Waals surface area contributed by atoms with E-state index in [4.69, 9.17) is 10.3 Å². The summed E-state index contributed by atoms with van der Waals surface area (Å²) in [5.74, 6) is -3.11. The van der Waals surface area contributed by atoms with E-state index in [0.717, 1.165) is 0 Å². The van der Waals surface area contributed by atoms with Crippen molar-refractivity contribution in [2.24, 2.45) is 5.73 Å². The summed E-state index contributed by atoms with van der Waals surface area (Å²) in [5.41, 5.74) is 6.52. The zero-order chi connectivity index (χ0) is 17.1. The molecule has 1 aromatic rings. The number of halogens is 3. The number of carbonyl (C=O) groups is 1. The third kappa shape index (κ3) is 5.32. The summed E-state index contributed by atoms with van der Waals surface area (Å²) in [5, 5.41) is 0. The summed E-state index contributed by atoms with van der Waals surface area (Å²) in [7, 11) is -3.36. The second-order valence-corrected chi connectivity index (χ2v) is 6.03. The molecule has 0 radical (unpaired) electrons. The maximum Gasteiger partial charge on any atom is 0.426 e. The summed E-state index contributed by atoms with van der Waals surface area (Å²) in [4.78, 5) is 11.7. The molecule has 0 aromatic heterocycles. The predicted molar refractivity (Wildman–Crippen MR) is 74.2 cm³/mol. The molecule has 11 heteroatoms. The summed E-state index contributed by atoms with van der Waals surface area (Å²) in [6.07, 6.45) is -8.08. The molecule has 1 unspecified atom stereocenters. The molecule has 0 aliphatic heterocycles. The van der Waals surface area contributed by atoms with E-state index in [1.165, 1.54) is 18.2 Å². The summed E-state index contributed by atoms with van der Waals surface area (Å²) in [6, 6.07) is 3.96. The molecule has 1 aromatic carbocycles. The van der Waals surface area contributed by atoms with Crippen LogP contribution in [0, 0.1) is 0 Å². The van der Waals surface area contributed by atoms with Gasteiger partial charge in [0.15, 0.2) is 0 Å². The smallest absolute Gasteiger partial charge is 0.426 e. The van der Waals surface area contributed by atoms with Crippen LogP contribution in [-0.4, -0.2) is 44.8 Å². The Balaban J connectivity index is 2.98. The lowest BCUT2D eigenvalue weighted by atomic mass is 9.89. The molecule has 0 spiro atoms. The molecular formula is C11H13BF3NO5S. The number of hydrogen-bond acceptors (Lipinski definition) is 5. The fraction of sp³-hybridized carbons (Fsp3) is 0.364. The largest absolute Gasteiger partial charge is 0.448 e. The molecule has 22 heavy (non-hydrogen) atoms. The van der Waals surface area contributed by atoms with Crippen molar-refractivity contribution >= 4 is 29.4 Å². The molecule has 0 saturated heterocycles. The highest BCUT2D eigenvalue weighted by Gasteiger charge is 2.45. The van der Waals surface area contributed by atoms with E-state index in [2.05, 4.69) is 4.74 Å². The molecule has 122 valence electrons. The summed E-state index contributed by atoms with van der Waals surface area (Å²) < 4.78 is 71.8. The van der Waals surface area contributed by atoms with Crippen LogP contribution >= 0.6 is 0 Å². The topological polar surface area (TPSA) is 107 Å². The highest BCUT2D eigenvalue weighted by molar-refractivity contribution is 7.85. The van der Waals surface area contributed by atoms with Crippen molar-refractivity contribution in [1.29, 1.82) is 0 Å². The van der Waals surface area contributed by atoms with Crippen LogP contribution in [0.4, 0.5) is 13.2 Å². The Bertz CT molecular complexity index is 662. The van der Waals surface area contributed by atoms with Gasteiger partial charge < -0.3 is 10.5 Å². The summed E-state index contributed by atoms with van der Waals surface area (Å²) in [6.45, 7) is 0.190. The Morgan fingerprint density at radius 3 is 2.41 bits per heavy atom. The molecule has 0 aliphatic carbocycles. The maximum absolute atomic E-state index is 12.7. The average molecular weight is 339 g/mol. The fourth-order valence-corrected chi connectivity index (χ4v) is 2.28. The SMILES string of the molecule is Bc1cc(C(=O)OC(CS(=O)(=O)O)C(F)(F)F)ccc1CN. The standard InChI is InChI=1S/C11H13BF3NO5S/c12-8-3-6(1-2-7(8)4-16)10(17)21-9(11(13,14)15)5-22(18,19)20/h1-3,9H,4-5,12,16H2,(H,18,19,20). The van der Waals surface area contributed by atoms with Crippen LogP contribution in [0.1, 0.15) is 15.9 Å². The van der Waals surface area contributed by atoms with Gasteiger partial charge in [-0.3, -0.25) is 4.55 Å². The molecule has 0 saturated carbocycles. The van der Waals surface area contributed by atoms with Crippen molar-refractivity contribution in [2.75, 3.05) is 5.75 Å². The van der Waals surface area contributed by atoms with Crippen LogP contribution in [0.25, 0.3) is 0 Å². The van der Waals surface area contributed by atoms with Gasteiger partial charge >= 0.3 is 12.1 Å². The number of ether oxygens (including phenoxy) is 1. The Hall–Kier alpha value is -1.59. The Morgan fingerprint density at radius 1 is 1.41 bits per heavy atom. The van der Waals surface area contributed by atoms with Crippen LogP contribution in [0.5, 0.6) is 0 Å². The lowest BCUT2D eigenvalue weighted by Gasteiger charge is -2.19. The average Bonchev–Trinajstić information content (AvgIpc) is 2.35. The molecule has 3 N–H and O–H groups in total. The van der Waals surface area contributed by atoms with Crippen molar-refractivity contribution in [1.82, 2.24) is 0 Å². The second kappa shape index (κ2) is 6.67. The lowest BCUT2D eigenvalue weighted by Crippen LogP contribution is -2.39. The number of benzene rings is 1. The van der Waals surface area contributed by atoms with Gasteiger partial charge in [-0.25, -0.2) is 4.79 Å². The highest BCUT2D eigenvalue weighted by atomic mass is 32.2. The van der Waals surface area contributed by atoms with Crippen molar-refractivity contribution in [3.63, 3.8) is 0 Å². The third-order valence-electron chi connectivity index (χ3n) is 2.77. The first-order chi connectivity index (χ1) is 9.94. The first-order valence-corrected chi connectivity index (χ1v) is 7.57. The van der Waals surface area contributed by atoms with Gasteiger partial charge in [-0.05, 0) is 11.6 Å². The number of esters is 1. The molecule has 1 rings (SSSR count). The number of rotatable bonds is 5. The van der Waals surface area contributed by atoms with Gasteiger partial charge in [0.1, 0.15) is 13.6 Å². The minimum Gasteiger partial charge on any atom is -0.448 e. The van der Waals surface area contributed by atoms with E-state index in [0.29, 0.717) is 11.0 Å². The first-order valence-electron chi connectivity index (χ1n) is 5.96. The quantitative estimate of drug-likeness (QED) is 0.421. The Kier molecular flexibility index (Phi) is 5.60. The van der Waals surface area contributed by atoms with Gasteiger partial charge in [-0.15, -0.1) is 0 Å². The molecule has 0 amide bonds. The van der Waals surface area contributed by atoms with Gasteiger partial charge in [0.25, 0.3) is 10.1 Å². The maximum atomic E-state index is 12.7. The lowest BCUT2D eigenvalue weighted by molar-refractivity contribution is -0.197. The monoisotopic (exact) mass is 339 g/mol. The van der Waals surface area contributed by atoms with Gasteiger partial charge in [0, 0.05) is 6.54 Å². The minimum absolute atomic E-state index is 0.181. The number of alkyl halides is 3. The van der Waals surface area contributed by atoms with E-state index in [-0.39, 0.29) is 12.1 Å². The van der Waals surface area contributed by atoms with Crippen molar-refractivity contribution in [2.45, 2.75) is 18.8 Å². The van der Waals surface area contributed by atoms with Crippen molar-refractivity contribution in [3.05, 3.63) is 29.3 Å². The molecule has 0 bridgehead atoms. The second-order valence-electron chi connectivity index (χ2n) is 4.53. The van der Waals surface area contributed by atoms with Crippen molar-refractivity contribution < 1.29 is 35.7 Å². The number of nitrogens with two attached hydrogens (primary N) is 1. The van der Waals surface area contributed by atoms with Gasteiger partial charge in [0.05, 0.1) is 5.56 Å². The first kappa shape index (κ1) is 18.5. The molecule has 0 heterocycles. The van der Waals surface area contributed by atoms with Gasteiger partial charge in [-0.2, -0.15) is 21.6 Å². The predicted octanol–water partition coefficient (Wildman–Crippen LogP) is -0.621. The van der Waals surface area contributed by atoms with Crippen LogP contribution in [0.15, 0.2) is 18.2 Å². The fourth-order valence-electron chi connectivity index (χ4n) is 1.64. The normalized spacial score (nSPS) is 13.7. The zero-order valence-electron chi connectivity index (χ0n) is 11.4. The van der Waals surface area contributed by atoms with Crippen LogP contribution in [0.3, 0.4) is 0 Å². The number of hydrogen-bond donors (Lipinski definition) is 2. The highest BCUT2D eigenvalue weighted by Crippen LogP contribution is 2.25. The molecular weight excluding hydrogens is 326 g/mol. The molecule has 1 atom stereocenters. The summed E-state index contributed by atoms with van der Waals surface area (Å²) >= 11 is 0. The van der Waals surface area contributed by atoms with Crippen LogP contribution in [-0.2, 0) is 21.4 Å². The van der Waals surface area contributed by atoms with E-state index in [1.54, 1.807) is 7.85 Å². The van der Waals surface area contributed by atoms with Crippen LogP contribution in [0.2, 0.25) is 0 Å². The Labute approximate surface area is 125 Å². The van der Waals surface area contributed by atoms with Gasteiger partial charge in [-0.1, -0.05) is 17.6 Å². The number of carbonyl (C=O) groups excluding carboxylic acids is 1. The van der Waals surface area contributed by atoms with E-state index in [1.807, 2.05) is 0 Å². The van der Waals surface area contributed by atoms with Gasteiger partial charge in [0.2, 0.25) is 6.10 Å². The van der Waals surface area contributed by atoms with E-state index in [9.17, 15) is 26.4 Å². The third-order valence-corrected chi connectivity index (χ3v) is 3.50. The zero-order valence-corrected chi connectivity index (χ0v) is 12.2. The molecule has 0 aliphatic rings. The van der Waals surface area contributed by atoms with Crippen LogP contribution < -0.4 is 11.2 Å². The van der Waals surface area contributed by atoms with E-state index < -0.39 is 34.1 Å².